The van der Waals surface area contributed by atoms with E-state index < -0.39 is 5.60 Å². The van der Waals surface area contributed by atoms with E-state index in [1.807, 2.05) is 34.6 Å². The van der Waals surface area contributed by atoms with E-state index in [1.54, 1.807) is 0 Å². The van der Waals surface area contributed by atoms with E-state index >= 15 is 0 Å². The Balaban J connectivity index is 1.32. The molecule has 0 spiro atoms. The number of aliphatic hydroxyl groups excluding tert-OH is 1. The molecule has 0 radical (unpaired) electrons. The molecule has 11 atom stereocenters. The van der Waals surface area contributed by atoms with E-state index in [0.717, 1.165) is 51.4 Å². The molecule has 4 fully saturated rings. The van der Waals surface area contributed by atoms with Gasteiger partial charge in [-0.15, -0.1) is 0 Å². The number of ether oxygens (including phenoxy) is 3. The number of aliphatic hydroxyl groups is 1. The maximum Gasteiger partial charge on any atom is 0.309 e. The lowest BCUT2D eigenvalue weighted by molar-refractivity contribution is -0.183. The lowest BCUT2D eigenvalue weighted by Crippen LogP contribution is -2.59. The molecule has 246 valence electrons. The molecule has 4 aliphatic carbocycles. The van der Waals surface area contributed by atoms with Crippen LogP contribution in [0.25, 0.3) is 0 Å². The highest BCUT2D eigenvalue weighted by atomic mass is 16.6. The van der Waals surface area contributed by atoms with Crippen molar-refractivity contribution in [2.75, 3.05) is 6.61 Å². The van der Waals surface area contributed by atoms with Gasteiger partial charge in [0.05, 0.1) is 18.4 Å². The first kappa shape index (κ1) is 34.2. The van der Waals surface area contributed by atoms with Crippen molar-refractivity contribution < 1.29 is 33.7 Å². The zero-order chi connectivity index (χ0) is 31.7. The highest BCUT2D eigenvalue weighted by Crippen LogP contribution is 2.68. The first-order chi connectivity index (χ1) is 20.1. The fourth-order valence-corrected chi connectivity index (χ4v) is 9.96. The van der Waals surface area contributed by atoms with Gasteiger partial charge in [0.1, 0.15) is 18.3 Å². The number of hydrogen-bond acceptors (Lipinski definition) is 7. The fraction of sp³-hybridized carbons (Fsp3) is 0.917. The first-order valence-corrected chi connectivity index (χ1v) is 17.4. The maximum absolute atomic E-state index is 12.5. The average molecular weight is 605 g/mol. The maximum atomic E-state index is 12.5. The summed E-state index contributed by atoms with van der Waals surface area (Å²) < 4.78 is 16.6. The van der Waals surface area contributed by atoms with Crippen molar-refractivity contribution in [1.82, 2.24) is 0 Å². The highest BCUT2D eigenvalue weighted by molar-refractivity contribution is 5.72. The summed E-state index contributed by atoms with van der Waals surface area (Å²) in [7, 11) is 0. The van der Waals surface area contributed by atoms with Crippen molar-refractivity contribution >= 4 is 17.9 Å². The van der Waals surface area contributed by atoms with E-state index in [-0.39, 0.29) is 59.9 Å². The predicted molar refractivity (Wildman–Crippen MR) is 166 cm³/mol. The molecule has 0 bridgehead atoms. The van der Waals surface area contributed by atoms with Crippen LogP contribution in [0.5, 0.6) is 0 Å². The topological polar surface area (TPSA) is 99.1 Å². The molecule has 7 heteroatoms. The minimum absolute atomic E-state index is 0.0376. The summed E-state index contributed by atoms with van der Waals surface area (Å²) in [5, 5.41) is 11.9. The molecule has 0 aliphatic heterocycles. The summed E-state index contributed by atoms with van der Waals surface area (Å²) in [6, 6.07) is 0. The monoisotopic (exact) mass is 604 g/mol. The van der Waals surface area contributed by atoms with E-state index in [4.69, 9.17) is 14.2 Å². The van der Waals surface area contributed by atoms with Crippen LogP contribution in [0.2, 0.25) is 0 Å². The quantitative estimate of drug-likeness (QED) is 0.207. The highest BCUT2D eigenvalue weighted by Gasteiger charge is 2.63. The third-order valence-corrected chi connectivity index (χ3v) is 12.6. The molecule has 7 nitrogen and oxygen atoms in total. The standard InChI is InChI=1S/C36H60O7/c1-9-22(2)33(40)42-25-16-18-35(7)24(20-25)11-12-26-28-14-13-27(36(28,8)30(37)21-29(26)35)23(3)10-15-31(38)41-19-17-32(39)43-34(4,5)6/h22-30,37H,9-21H2,1-8H3/t22?,23?,24?,25?,26?,27?,28?,29?,30?,35-,36+/m0/s1. The summed E-state index contributed by atoms with van der Waals surface area (Å²) >= 11 is 0. The number of hydrogen-bond donors (Lipinski definition) is 1. The minimum Gasteiger partial charge on any atom is -0.465 e. The summed E-state index contributed by atoms with van der Waals surface area (Å²) in [5.41, 5.74) is -0.486. The van der Waals surface area contributed by atoms with Gasteiger partial charge in [-0.2, -0.15) is 0 Å². The van der Waals surface area contributed by atoms with Crippen LogP contribution in [0.1, 0.15) is 132 Å². The number of carbonyl (C=O) groups excluding carboxylic acids is 3. The van der Waals surface area contributed by atoms with Gasteiger partial charge in [-0.1, -0.05) is 34.6 Å². The molecule has 9 unspecified atom stereocenters. The van der Waals surface area contributed by atoms with Crippen molar-refractivity contribution in [1.29, 1.82) is 0 Å². The Morgan fingerprint density at radius 3 is 2.33 bits per heavy atom. The Bertz CT molecular complexity index is 1000. The van der Waals surface area contributed by atoms with Crippen LogP contribution >= 0.6 is 0 Å². The Labute approximate surface area is 260 Å². The van der Waals surface area contributed by atoms with Crippen LogP contribution < -0.4 is 0 Å². The van der Waals surface area contributed by atoms with Crippen molar-refractivity contribution in [2.24, 2.45) is 52.3 Å². The molecule has 1 N–H and O–H groups in total. The molecular formula is C36H60O7. The second kappa shape index (κ2) is 13.4. The van der Waals surface area contributed by atoms with Crippen molar-refractivity contribution in [3.05, 3.63) is 0 Å². The molecular weight excluding hydrogens is 544 g/mol. The number of fused-ring (bicyclic) bond motifs is 5. The number of carbonyl (C=O) groups is 3. The van der Waals surface area contributed by atoms with Gasteiger partial charge in [-0.3, -0.25) is 14.4 Å². The molecule has 0 aromatic rings. The van der Waals surface area contributed by atoms with Crippen LogP contribution in [0.3, 0.4) is 0 Å². The molecule has 0 amide bonds. The largest absolute Gasteiger partial charge is 0.465 e. The average Bonchev–Trinajstić information content (AvgIpc) is 3.29. The zero-order valence-electron chi connectivity index (χ0n) is 28.3. The molecule has 0 saturated heterocycles. The van der Waals surface area contributed by atoms with Crippen LogP contribution in [0, 0.1) is 52.3 Å². The summed E-state index contributed by atoms with van der Waals surface area (Å²) in [6.07, 6.45) is 10.1. The molecule has 0 heterocycles. The smallest absolute Gasteiger partial charge is 0.309 e. The van der Waals surface area contributed by atoms with Gasteiger partial charge < -0.3 is 19.3 Å². The summed E-state index contributed by atoms with van der Waals surface area (Å²) in [5.74, 6) is 2.17. The molecule has 4 rings (SSSR count). The Kier molecular flexibility index (Phi) is 10.7. The van der Waals surface area contributed by atoms with Crippen molar-refractivity contribution in [3.63, 3.8) is 0 Å². The third-order valence-electron chi connectivity index (χ3n) is 12.6. The van der Waals surface area contributed by atoms with Gasteiger partial charge in [-0.25, -0.2) is 0 Å². The van der Waals surface area contributed by atoms with Gasteiger partial charge in [0.25, 0.3) is 0 Å². The SMILES string of the molecule is CCC(C)C(=O)OC1CC[C@@]2(C)C(CCC3C2CC(O)[C@]2(C)C(C(C)CCC(=O)OCCC(=O)OC(C)(C)C)CCC32)C1. The lowest BCUT2D eigenvalue weighted by Gasteiger charge is -2.62. The van der Waals surface area contributed by atoms with Gasteiger partial charge >= 0.3 is 17.9 Å². The molecule has 0 aromatic heterocycles. The van der Waals surface area contributed by atoms with Gasteiger partial charge in [0.2, 0.25) is 0 Å². The van der Waals surface area contributed by atoms with E-state index in [9.17, 15) is 19.5 Å². The van der Waals surface area contributed by atoms with Crippen molar-refractivity contribution in [3.8, 4) is 0 Å². The predicted octanol–water partition coefficient (Wildman–Crippen LogP) is 7.27. The Morgan fingerprint density at radius 2 is 1.65 bits per heavy atom. The summed E-state index contributed by atoms with van der Waals surface area (Å²) in [6.45, 7) is 16.6. The number of esters is 3. The molecule has 4 saturated carbocycles. The normalized spacial score (nSPS) is 38.6. The molecule has 4 aliphatic rings. The fourth-order valence-electron chi connectivity index (χ4n) is 9.96. The van der Waals surface area contributed by atoms with Crippen LogP contribution in [0.15, 0.2) is 0 Å². The van der Waals surface area contributed by atoms with Gasteiger partial charge in [0.15, 0.2) is 0 Å². The lowest BCUT2D eigenvalue weighted by atomic mass is 9.43. The van der Waals surface area contributed by atoms with E-state index in [1.165, 1.54) is 12.8 Å². The third kappa shape index (κ3) is 7.28. The van der Waals surface area contributed by atoms with Crippen LogP contribution in [-0.2, 0) is 28.6 Å². The molecule has 0 aromatic carbocycles. The molecule has 43 heavy (non-hydrogen) atoms. The Hall–Kier alpha value is -1.63. The summed E-state index contributed by atoms with van der Waals surface area (Å²) in [4.78, 5) is 36.9. The van der Waals surface area contributed by atoms with Crippen molar-refractivity contribution in [2.45, 2.75) is 150 Å². The second-order valence-electron chi connectivity index (χ2n) is 16.2. The van der Waals surface area contributed by atoms with Gasteiger partial charge in [-0.05, 0) is 131 Å². The minimum atomic E-state index is -0.546. The Morgan fingerprint density at radius 1 is 0.930 bits per heavy atom. The second-order valence-corrected chi connectivity index (χ2v) is 16.2. The van der Waals surface area contributed by atoms with Gasteiger partial charge in [0, 0.05) is 6.42 Å². The van der Waals surface area contributed by atoms with Crippen LogP contribution in [0.4, 0.5) is 0 Å². The number of rotatable bonds is 10. The first-order valence-electron chi connectivity index (χ1n) is 17.4. The van der Waals surface area contributed by atoms with E-state index in [0.29, 0.717) is 41.9 Å². The van der Waals surface area contributed by atoms with E-state index in [2.05, 4.69) is 20.8 Å². The van der Waals surface area contributed by atoms with Crippen LogP contribution in [-0.4, -0.2) is 47.4 Å². The zero-order valence-corrected chi connectivity index (χ0v) is 28.3.